The lowest BCUT2D eigenvalue weighted by Gasteiger charge is -2.26. The van der Waals surface area contributed by atoms with E-state index < -0.39 is 5.60 Å². The molecule has 1 aromatic rings. The Morgan fingerprint density at radius 2 is 2.11 bits per heavy atom. The largest absolute Gasteiger partial charge is 0.388 e. The Balaban J connectivity index is 1.79. The highest BCUT2D eigenvalue weighted by molar-refractivity contribution is 5.88. The van der Waals surface area contributed by atoms with E-state index in [0.717, 1.165) is 38.5 Å². The summed E-state index contributed by atoms with van der Waals surface area (Å²) >= 11 is 0. The zero-order valence-electron chi connectivity index (χ0n) is 11.2. The molecule has 2 rings (SSSR count). The minimum atomic E-state index is -0.770. The SMILES string of the molecule is Cc1cc(NC(=O)NCC2(O)CCCCCC2)no1. The fraction of sp³-hybridized carbons (Fsp3) is 0.692. The van der Waals surface area contributed by atoms with Gasteiger partial charge in [-0.3, -0.25) is 5.32 Å². The van der Waals surface area contributed by atoms with Crippen LogP contribution in [0.4, 0.5) is 10.6 Å². The van der Waals surface area contributed by atoms with Crippen LogP contribution in [0.3, 0.4) is 0 Å². The molecule has 0 spiro atoms. The van der Waals surface area contributed by atoms with Gasteiger partial charge in [-0.25, -0.2) is 4.79 Å². The normalized spacial score (nSPS) is 18.6. The van der Waals surface area contributed by atoms with Gasteiger partial charge < -0.3 is 14.9 Å². The summed E-state index contributed by atoms with van der Waals surface area (Å²) in [5.74, 6) is 1.01. The minimum absolute atomic E-state index is 0.273. The molecule has 0 bridgehead atoms. The van der Waals surface area contributed by atoms with Crippen LogP contribution in [-0.2, 0) is 0 Å². The molecule has 0 radical (unpaired) electrons. The maximum atomic E-state index is 11.7. The lowest BCUT2D eigenvalue weighted by molar-refractivity contribution is 0.0281. The Labute approximate surface area is 112 Å². The number of nitrogens with zero attached hydrogens (tertiary/aromatic N) is 1. The molecule has 0 unspecified atom stereocenters. The van der Waals surface area contributed by atoms with Crippen LogP contribution in [0.5, 0.6) is 0 Å². The van der Waals surface area contributed by atoms with Crippen molar-refractivity contribution in [2.45, 2.75) is 51.0 Å². The van der Waals surface area contributed by atoms with Crippen molar-refractivity contribution in [1.29, 1.82) is 0 Å². The van der Waals surface area contributed by atoms with E-state index in [1.54, 1.807) is 13.0 Å². The highest BCUT2D eigenvalue weighted by Crippen LogP contribution is 2.26. The van der Waals surface area contributed by atoms with E-state index in [2.05, 4.69) is 15.8 Å². The van der Waals surface area contributed by atoms with Gasteiger partial charge in [0, 0.05) is 12.6 Å². The molecule has 1 aliphatic carbocycles. The minimum Gasteiger partial charge on any atom is -0.388 e. The molecule has 0 atom stereocenters. The van der Waals surface area contributed by atoms with Gasteiger partial charge in [0.25, 0.3) is 0 Å². The molecule has 0 aromatic carbocycles. The summed E-state index contributed by atoms with van der Waals surface area (Å²) in [7, 11) is 0. The predicted octanol–water partition coefficient (Wildman–Crippen LogP) is 2.19. The fourth-order valence-electron chi connectivity index (χ4n) is 2.39. The van der Waals surface area contributed by atoms with E-state index in [1.165, 1.54) is 0 Å². The molecule has 1 saturated carbocycles. The number of aliphatic hydroxyl groups is 1. The average Bonchev–Trinajstić information content (AvgIpc) is 2.64. The molecule has 0 saturated heterocycles. The van der Waals surface area contributed by atoms with Crippen molar-refractivity contribution in [3.05, 3.63) is 11.8 Å². The van der Waals surface area contributed by atoms with Crippen molar-refractivity contribution in [2.75, 3.05) is 11.9 Å². The van der Waals surface area contributed by atoms with Gasteiger partial charge in [-0.2, -0.15) is 0 Å². The van der Waals surface area contributed by atoms with E-state index >= 15 is 0 Å². The first-order chi connectivity index (χ1) is 9.07. The van der Waals surface area contributed by atoms with Gasteiger partial charge in [-0.1, -0.05) is 30.8 Å². The summed E-state index contributed by atoms with van der Waals surface area (Å²) in [6.45, 7) is 2.03. The zero-order valence-corrected chi connectivity index (χ0v) is 11.2. The number of carbonyl (C=O) groups excluding carboxylic acids is 1. The first kappa shape index (κ1) is 13.9. The number of rotatable bonds is 3. The quantitative estimate of drug-likeness (QED) is 0.732. The first-order valence-electron chi connectivity index (χ1n) is 6.78. The van der Waals surface area contributed by atoms with Crippen LogP contribution in [-0.4, -0.2) is 28.4 Å². The summed E-state index contributed by atoms with van der Waals surface area (Å²) in [5, 5.41) is 19.3. The van der Waals surface area contributed by atoms with Gasteiger partial charge in [0.1, 0.15) is 5.76 Å². The van der Waals surface area contributed by atoms with Crippen molar-refractivity contribution in [3.63, 3.8) is 0 Å². The topological polar surface area (TPSA) is 87.4 Å². The van der Waals surface area contributed by atoms with Gasteiger partial charge in [0.05, 0.1) is 5.60 Å². The molecule has 6 nitrogen and oxygen atoms in total. The number of aryl methyl sites for hydroxylation is 1. The van der Waals surface area contributed by atoms with Crippen molar-refractivity contribution >= 4 is 11.8 Å². The second-order valence-corrected chi connectivity index (χ2v) is 5.27. The maximum Gasteiger partial charge on any atom is 0.320 e. The number of anilines is 1. The monoisotopic (exact) mass is 267 g/mol. The Kier molecular flexibility index (Phi) is 4.42. The number of hydrogen-bond acceptors (Lipinski definition) is 4. The van der Waals surface area contributed by atoms with E-state index in [-0.39, 0.29) is 12.6 Å². The summed E-state index contributed by atoms with van der Waals surface area (Å²) in [6, 6.07) is 1.27. The number of amides is 2. The molecular weight excluding hydrogens is 246 g/mol. The van der Waals surface area contributed by atoms with Crippen LogP contribution in [0, 0.1) is 6.92 Å². The molecule has 19 heavy (non-hydrogen) atoms. The van der Waals surface area contributed by atoms with Crippen LogP contribution in [0.1, 0.15) is 44.3 Å². The highest BCUT2D eigenvalue weighted by Gasteiger charge is 2.28. The summed E-state index contributed by atoms with van der Waals surface area (Å²) in [6.07, 6.45) is 5.84. The van der Waals surface area contributed by atoms with Gasteiger partial charge in [-0.15, -0.1) is 0 Å². The Hall–Kier alpha value is -1.56. The van der Waals surface area contributed by atoms with Gasteiger partial charge in [0.15, 0.2) is 5.82 Å². The molecule has 1 fully saturated rings. The zero-order chi connectivity index (χ0) is 13.7. The molecule has 106 valence electrons. The van der Waals surface area contributed by atoms with E-state index in [0.29, 0.717) is 11.6 Å². The third-order valence-corrected chi connectivity index (χ3v) is 3.48. The summed E-state index contributed by atoms with van der Waals surface area (Å²) in [5.41, 5.74) is -0.770. The van der Waals surface area contributed by atoms with Gasteiger partial charge >= 0.3 is 6.03 Å². The van der Waals surface area contributed by atoms with Crippen LogP contribution in [0.2, 0.25) is 0 Å². The average molecular weight is 267 g/mol. The van der Waals surface area contributed by atoms with Crippen molar-refractivity contribution < 1.29 is 14.4 Å². The number of carbonyl (C=O) groups is 1. The van der Waals surface area contributed by atoms with Crippen LogP contribution < -0.4 is 10.6 Å². The van der Waals surface area contributed by atoms with Crippen LogP contribution in [0.25, 0.3) is 0 Å². The third kappa shape index (κ3) is 4.24. The predicted molar refractivity (Wildman–Crippen MR) is 70.9 cm³/mol. The summed E-state index contributed by atoms with van der Waals surface area (Å²) in [4.78, 5) is 11.7. The molecular formula is C13H21N3O3. The Morgan fingerprint density at radius 3 is 2.68 bits per heavy atom. The molecule has 6 heteroatoms. The molecule has 0 aliphatic heterocycles. The fourth-order valence-corrected chi connectivity index (χ4v) is 2.39. The van der Waals surface area contributed by atoms with Crippen molar-refractivity contribution in [2.24, 2.45) is 0 Å². The first-order valence-corrected chi connectivity index (χ1v) is 6.78. The Morgan fingerprint density at radius 1 is 1.42 bits per heavy atom. The standard InChI is InChI=1S/C13H21N3O3/c1-10-8-11(16-19-10)15-12(17)14-9-13(18)6-4-2-3-5-7-13/h8,18H,2-7,9H2,1H3,(H2,14,15,16,17). The number of urea groups is 1. The number of hydrogen-bond donors (Lipinski definition) is 3. The van der Waals surface area contributed by atoms with Gasteiger partial charge in [-0.05, 0) is 19.8 Å². The second-order valence-electron chi connectivity index (χ2n) is 5.27. The van der Waals surface area contributed by atoms with Crippen molar-refractivity contribution in [1.82, 2.24) is 10.5 Å². The smallest absolute Gasteiger partial charge is 0.320 e. The molecule has 1 aromatic heterocycles. The second kappa shape index (κ2) is 6.06. The molecule has 2 amide bonds. The van der Waals surface area contributed by atoms with E-state index in [9.17, 15) is 9.90 Å². The summed E-state index contributed by atoms with van der Waals surface area (Å²) < 4.78 is 4.85. The molecule has 1 heterocycles. The molecule has 1 aliphatic rings. The van der Waals surface area contributed by atoms with E-state index in [1.807, 2.05) is 0 Å². The lowest BCUT2D eigenvalue weighted by atomic mass is 9.95. The van der Waals surface area contributed by atoms with E-state index in [4.69, 9.17) is 4.52 Å². The van der Waals surface area contributed by atoms with Gasteiger partial charge in [0.2, 0.25) is 0 Å². The van der Waals surface area contributed by atoms with Crippen LogP contribution >= 0.6 is 0 Å². The van der Waals surface area contributed by atoms with Crippen molar-refractivity contribution in [3.8, 4) is 0 Å². The third-order valence-electron chi connectivity index (χ3n) is 3.48. The lowest BCUT2D eigenvalue weighted by Crippen LogP contribution is -2.44. The highest BCUT2D eigenvalue weighted by atomic mass is 16.5. The maximum absolute atomic E-state index is 11.7. The Bertz CT molecular complexity index is 423. The molecule has 3 N–H and O–H groups in total. The number of nitrogens with one attached hydrogen (secondary N) is 2. The van der Waals surface area contributed by atoms with Crippen LogP contribution in [0.15, 0.2) is 10.6 Å². The number of aromatic nitrogens is 1.